The van der Waals surface area contributed by atoms with E-state index in [1.165, 1.54) is 0 Å². The Hall–Kier alpha value is -2.62. The summed E-state index contributed by atoms with van der Waals surface area (Å²) in [5.41, 5.74) is 1.93. The lowest BCUT2D eigenvalue weighted by Crippen LogP contribution is -2.31. The second-order valence-electron chi connectivity index (χ2n) is 5.94. The topological polar surface area (TPSA) is 49.4 Å². The van der Waals surface area contributed by atoms with Gasteiger partial charge in [0.05, 0.1) is 11.3 Å². The molecule has 0 aliphatic carbocycles. The molecule has 0 fully saturated rings. The summed E-state index contributed by atoms with van der Waals surface area (Å²) >= 11 is 0. The number of hydrogen-bond donors (Lipinski definition) is 1. The number of unbranched alkanes of at least 4 members (excludes halogenated alkanes) is 2. The number of carbonyl (C=O) groups excluding carboxylic acids is 2. The van der Waals surface area contributed by atoms with Crippen LogP contribution in [0.2, 0.25) is 0 Å². The molecule has 0 saturated heterocycles. The average Bonchev–Trinajstić information content (AvgIpc) is 2.64. The number of anilines is 2. The molecule has 0 atom stereocenters. The van der Waals surface area contributed by atoms with E-state index in [0.29, 0.717) is 24.2 Å². The van der Waals surface area contributed by atoms with E-state index in [4.69, 9.17) is 0 Å². The van der Waals surface area contributed by atoms with Crippen LogP contribution in [0.1, 0.15) is 49.9 Å². The van der Waals surface area contributed by atoms with Gasteiger partial charge in [0, 0.05) is 18.7 Å². The van der Waals surface area contributed by atoms with E-state index >= 15 is 0 Å². The van der Waals surface area contributed by atoms with Crippen molar-refractivity contribution >= 4 is 23.2 Å². The maximum absolute atomic E-state index is 13.0. The van der Waals surface area contributed by atoms with Crippen LogP contribution in [0.5, 0.6) is 0 Å². The van der Waals surface area contributed by atoms with E-state index in [-0.39, 0.29) is 11.8 Å². The predicted octanol–water partition coefficient (Wildman–Crippen LogP) is 4.87. The normalized spacial score (nSPS) is 10.3. The summed E-state index contributed by atoms with van der Waals surface area (Å²) in [5, 5.41) is 2.89. The molecule has 4 heteroatoms. The Bertz CT molecular complexity index is 698. The van der Waals surface area contributed by atoms with Gasteiger partial charge in [0.25, 0.3) is 5.91 Å². The van der Waals surface area contributed by atoms with E-state index < -0.39 is 0 Å². The largest absolute Gasteiger partial charge is 0.325 e. The lowest BCUT2D eigenvalue weighted by Gasteiger charge is -2.22. The minimum atomic E-state index is -0.113. The number of benzene rings is 2. The fourth-order valence-electron chi connectivity index (χ4n) is 2.72. The Morgan fingerprint density at radius 3 is 2.28 bits per heavy atom. The lowest BCUT2D eigenvalue weighted by molar-refractivity contribution is -0.116. The van der Waals surface area contributed by atoms with Gasteiger partial charge in [-0.1, -0.05) is 50.1 Å². The fourth-order valence-corrected chi connectivity index (χ4v) is 2.72. The molecule has 2 aromatic carbocycles. The first-order chi connectivity index (χ1) is 12.2. The predicted molar refractivity (Wildman–Crippen MR) is 103 cm³/mol. The smallest absolute Gasteiger partial charge is 0.260 e. The molecule has 0 radical (unpaired) electrons. The zero-order chi connectivity index (χ0) is 18.1. The molecule has 0 spiro atoms. The highest BCUT2D eigenvalue weighted by molar-refractivity contribution is 6.11. The molecule has 2 rings (SSSR count). The number of carbonyl (C=O) groups is 2. The number of rotatable bonds is 8. The molecular formula is C21H26N2O2. The van der Waals surface area contributed by atoms with Crippen LogP contribution in [0.3, 0.4) is 0 Å². The van der Waals surface area contributed by atoms with Crippen molar-refractivity contribution in [1.29, 1.82) is 0 Å². The standard InChI is InChI=1S/C21H26N2O2/c1-3-5-7-16-20(24)22-19-15-11-10-14-18(19)21(25)23(4-2)17-12-8-6-9-13-17/h6,8-15H,3-5,7,16H2,1-2H3,(H,22,24). The van der Waals surface area contributed by atoms with Gasteiger partial charge in [-0.2, -0.15) is 0 Å². The summed E-state index contributed by atoms with van der Waals surface area (Å²) in [6, 6.07) is 16.8. The third-order valence-electron chi connectivity index (χ3n) is 4.07. The summed E-state index contributed by atoms with van der Waals surface area (Å²) in [4.78, 5) is 26.9. The van der Waals surface area contributed by atoms with Crippen molar-refractivity contribution in [3.63, 3.8) is 0 Å². The number of para-hydroxylation sites is 2. The molecule has 0 aliphatic rings. The SMILES string of the molecule is CCCCCC(=O)Nc1ccccc1C(=O)N(CC)c1ccccc1. The first kappa shape index (κ1) is 18.7. The van der Waals surface area contributed by atoms with Crippen LogP contribution in [-0.2, 0) is 4.79 Å². The number of nitrogens with one attached hydrogen (secondary N) is 1. The van der Waals surface area contributed by atoms with Crippen molar-refractivity contribution in [3.05, 3.63) is 60.2 Å². The highest BCUT2D eigenvalue weighted by atomic mass is 16.2. The quantitative estimate of drug-likeness (QED) is 0.698. The summed E-state index contributed by atoms with van der Waals surface area (Å²) in [6.45, 7) is 4.60. The lowest BCUT2D eigenvalue weighted by atomic mass is 10.1. The molecule has 2 aromatic rings. The van der Waals surface area contributed by atoms with Gasteiger partial charge in [-0.25, -0.2) is 0 Å². The highest BCUT2D eigenvalue weighted by Gasteiger charge is 2.19. The second-order valence-corrected chi connectivity index (χ2v) is 5.94. The minimum Gasteiger partial charge on any atom is -0.325 e. The second kappa shape index (κ2) is 9.62. The number of amides is 2. The molecular weight excluding hydrogens is 312 g/mol. The van der Waals surface area contributed by atoms with E-state index in [1.54, 1.807) is 17.0 Å². The first-order valence-corrected chi connectivity index (χ1v) is 8.93. The van der Waals surface area contributed by atoms with Gasteiger partial charge in [-0.3, -0.25) is 9.59 Å². The number of nitrogens with zero attached hydrogens (tertiary/aromatic N) is 1. The van der Waals surface area contributed by atoms with E-state index in [9.17, 15) is 9.59 Å². The monoisotopic (exact) mass is 338 g/mol. The van der Waals surface area contributed by atoms with Crippen LogP contribution in [0.25, 0.3) is 0 Å². The molecule has 4 nitrogen and oxygen atoms in total. The number of hydrogen-bond acceptors (Lipinski definition) is 2. The third-order valence-corrected chi connectivity index (χ3v) is 4.07. The van der Waals surface area contributed by atoms with Gasteiger partial charge in [0.1, 0.15) is 0 Å². The summed E-state index contributed by atoms with van der Waals surface area (Å²) in [6.07, 6.45) is 3.45. The summed E-state index contributed by atoms with van der Waals surface area (Å²) < 4.78 is 0. The summed E-state index contributed by atoms with van der Waals surface area (Å²) in [7, 11) is 0. The van der Waals surface area contributed by atoms with Crippen LogP contribution < -0.4 is 10.2 Å². The third kappa shape index (κ3) is 5.18. The van der Waals surface area contributed by atoms with Crippen LogP contribution >= 0.6 is 0 Å². The van der Waals surface area contributed by atoms with Crippen molar-refractivity contribution in [1.82, 2.24) is 0 Å². The molecule has 0 heterocycles. The Morgan fingerprint density at radius 1 is 0.920 bits per heavy atom. The average molecular weight is 338 g/mol. The molecule has 0 saturated carbocycles. The molecule has 0 bridgehead atoms. The molecule has 2 amide bonds. The zero-order valence-electron chi connectivity index (χ0n) is 15.0. The minimum absolute atomic E-state index is 0.0449. The molecule has 0 unspecified atom stereocenters. The van der Waals surface area contributed by atoms with Crippen molar-refractivity contribution < 1.29 is 9.59 Å². The molecule has 132 valence electrons. The van der Waals surface area contributed by atoms with Crippen molar-refractivity contribution in [2.75, 3.05) is 16.8 Å². The van der Waals surface area contributed by atoms with Gasteiger partial charge in [0.15, 0.2) is 0 Å². The van der Waals surface area contributed by atoms with E-state index in [1.807, 2.05) is 49.4 Å². The Balaban J connectivity index is 2.18. The van der Waals surface area contributed by atoms with Crippen molar-refractivity contribution in [2.24, 2.45) is 0 Å². The highest BCUT2D eigenvalue weighted by Crippen LogP contribution is 2.22. The van der Waals surface area contributed by atoms with Gasteiger partial charge in [-0.05, 0) is 37.6 Å². The van der Waals surface area contributed by atoms with Gasteiger partial charge >= 0.3 is 0 Å². The Labute approximate surface area is 149 Å². The van der Waals surface area contributed by atoms with Crippen molar-refractivity contribution in [3.8, 4) is 0 Å². The Morgan fingerprint density at radius 2 is 1.60 bits per heavy atom. The maximum atomic E-state index is 13.0. The fraction of sp³-hybridized carbons (Fsp3) is 0.333. The molecule has 1 N–H and O–H groups in total. The molecule has 25 heavy (non-hydrogen) atoms. The van der Waals surface area contributed by atoms with Gasteiger partial charge < -0.3 is 10.2 Å². The van der Waals surface area contributed by atoms with E-state index in [2.05, 4.69) is 12.2 Å². The van der Waals surface area contributed by atoms with Gasteiger partial charge in [-0.15, -0.1) is 0 Å². The van der Waals surface area contributed by atoms with Crippen molar-refractivity contribution in [2.45, 2.75) is 39.5 Å². The molecule has 0 aliphatic heterocycles. The van der Waals surface area contributed by atoms with Crippen LogP contribution in [-0.4, -0.2) is 18.4 Å². The van der Waals surface area contributed by atoms with Crippen LogP contribution in [0.4, 0.5) is 11.4 Å². The van der Waals surface area contributed by atoms with E-state index in [0.717, 1.165) is 24.9 Å². The maximum Gasteiger partial charge on any atom is 0.260 e. The zero-order valence-corrected chi connectivity index (χ0v) is 15.0. The molecule has 0 aromatic heterocycles. The van der Waals surface area contributed by atoms with Gasteiger partial charge in [0.2, 0.25) is 5.91 Å². The summed E-state index contributed by atoms with van der Waals surface area (Å²) in [5.74, 6) is -0.158. The Kier molecular flexibility index (Phi) is 7.20. The first-order valence-electron chi connectivity index (χ1n) is 8.93. The van der Waals surface area contributed by atoms with Crippen LogP contribution in [0, 0.1) is 0 Å². The van der Waals surface area contributed by atoms with Crippen LogP contribution in [0.15, 0.2) is 54.6 Å².